The first-order valence-electron chi connectivity index (χ1n) is 6.38. The summed E-state index contributed by atoms with van der Waals surface area (Å²) in [6.45, 7) is 3.25. The average Bonchev–Trinajstić information content (AvgIpc) is 2.95. The number of fused-ring (bicyclic) bond motifs is 1. The summed E-state index contributed by atoms with van der Waals surface area (Å²) in [5.41, 5.74) is 1.24. The van der Waals surface area contributed by atoms with Gasteiger partial charge in [0.2, 0.25) is 0 Å². The van der Waals surface area contributed by atoms with Crippen LogP contribution < -0.4 is 10.6 Å². The summed E-state index contributed by atoms with van der Waals surface area (Å²) >= 11 is 0. The van der Waals surface area contributed by atoms with Crippen molar-refractivity contribution in [3.63, 3.8) is 0 Å². The minimum atomic E-state index is 0.694. The molecule has 1 saturated heterocycles. The third kappa shape index (κ3) is 2.02. The Hall–Kier alpha value is -0.800. The van der Waals surface area contributed by atoms with Crippen LogP contribution in [0.4, 0.5) is 0 Å². The second-order valence-electron chi connectivity index (χ2n) is 5.13. The molecular formula is C13H20N2O. The fraction of sp³-hybridized carbons (Fsp3) is 0.692. The molecule has 3 rings (SSSR count). The maximum absolute atomic E-state index is 5.05. The first kappa shape index (κ1) is 10.4. The predicted molar refractivity (Wildman–Crippen MR) is 63.0 cm³/mol. The van der Waals surface area contributed by atoms with Gasteiger partial charge in [0.25, 0.3) is 0 Å². The van der Waals surface area contributed by atoms with Crippen LogP contribution in [-0.4, -0.2) is 19.1 Å². The van der Waals surface area contributed by atoms with Gasteiger partial charge in [-0.2, -0.15) is 0 Å². The van der Waals surface area contributed by atoms with Crippen molar-refractivity contribution < 1.29 is 4.42 Å². The Labute approximate surface area is 96.6 Å². The summed E-state index contributed by atoms with van der Waals surface area (Å²) in [6.07, 6.45) is 7.85. The van der Waals surface area contributed by atoms with Crippen LogP contribution in [0.15, 0.2) is 23.0 Å². The highest BCUT2D eigenvalue weighted by Crippen LogP contribution is 2.37. The zero-order valence-corrected chi connectivity index (χ0v) is 9.61. The maximum Gasteiger partial charge on any atom is 0.0947 e. The molecule has 2 aliphatic rings. The fourth-order valence-electron chi connectivity index (χ4n) is 3.29. The molecule has 0 amide bonds. The minimum Gasteiger partial charge on any atom is -0.472 e. The first-order chi connectivity index (χ1) is 7.93. The van der Waals surface area contributed by atoms with Gasteiger partial charge in [-0.25, -0.2) is 0 Å². The van der Waals surface area contributed by atoms with Gasteiger partial charge >= 0.3 is 0 Å². The summed E-state index contributed by atoms with van der Waals surface area (Å²) in [5, 5.41) is 7.17. The van der Waals surface area contributed by atoms with E-state index in [-0.39, 0.29) is 0 Å². The van der Waals surface area contributed by atoms with Crippen LogP contribution in [0.3, 0.4) is 0 Å². The van der Waals surface area contributed by atoms with Crippen molar-refractivity contribution in [2.75, 3.05) is 13.1 Å². The Kier molecular flexibility index (Phi) is 2.98. The topological polar surface area (TPSA) is 37.2 Å². The van der Waals surface area contributed by atoms with Gasteiger partial charge in [0, 0.05) is 24.7 Å². The third-order valence-electron chi connectivity index (χ3n) is 4.15. The predicted octanol–water partition coefficient (Wildman–Crippen LogP) is 1.76. The van der Waals surface area contributed by atoms with Gasteiger partial charge in [-0.1, -0.05) is 6.42 Å². The van der Waals surface area contributed by atoms with Crippen LogP contribution in [0.25, 0.3) is 0 Å². The number of rotatable bonds is 4. The van der Waals surface area contributed by atoms with Crippen molar-refractivity contribution in [2.45, 2.75) is 31.8 Å². The summed E-state index contributed by atoms with van der Waals surface area (Å²) in [5.74, 6) is 1.89. The number of hydrogen-bond acceptors (Lipinski definition) is 3. The van der Waals surface area contributed by atoms with Gasteiger partial charge < -0.3 is 15.1 Å². The zero-order valence-electron chi connectivity index (χ0n) is 9.61. The largest absolute Gasteiger partial charge is 0.472 e. The molecule has 1 aliphatic carbocycles. The van der Waals surface area contributed by atoms with Crippen molar-refractivity contribution in [1.82, 2.24) is 10.6 Å². The molecule has 88 valence electrons. The van der Waals surface area contributed by atoms with E-state index in [1.165, 1.54) is 31.4 Å². The lowest BCUT2D eigenvalue weighted by Crippen LogP contribution is -2.37. The molecule has 1 saturated carbocycles. The van der Waals surface area contributed by atoms with E-state index in [0.29, 0.717) is 6.04 Å². The molecule has 2 N–H and O–H groups in total. The minimum absolute atomic E-state index is 0.694. The molecule has 0 aromatic carbocycles. The highest BCUT2D eigenvalue weighted by atomic mass is 16.3. The number of nitrogens with one attached hydrogen (secondary N) is 2. The lowest BCUT2D eigenvalue weighted by atomic mass is 9.94. The van der Waals surface area contributed by atoms with E-state index in [1.54, 1.807) is 6.26 Å². The normalized spacial score (nSPS) is 33.1. The van der Waals surface area contributed by atoms with Crippen LogP contribution >= 0.6 is 0 Å². The van der Waals surface area contributed by atoms with Gasteiger partial charge in [-0.05, 0) is 37.3 Å². The monoisotopic (exact) mass is 220 g/mol. The molecule has 3 heteroatoms. The highest BCUT2D eigenvalue weighted by molar-refractivity contribution is 5.05. The SMILES string of the molecule is c1cc(CNCC2NCC3CCCC32)co1. The molecule has 0 bridgehead atoms. The first-order valence-corrected chi connectivity index (χ1v) is 6.38. The van der Waals surface area contributed by atoms with E-state index in [9.17, 15) is 0 Å². The second-order valence-corrected chi connectivity index (χ2v) is 5.13. The van der Waals surface area contributed by atoms with Crippen LogP contribution in [0.2, 0.25) is 0 Å². The Morgan fingerprint density at radius 3 is 3.31 bits per heavy atom. The van der Waals surface area contributed by atoms with E-state index in [2.05, 4.69) is 10.6 Å². The Morgan fingerprint density at radius 1 is 1.44 bits per heavy atom. The van der Waals surface area contributed by atoms with Crippen LogP contribution in [0, 0.1) is 11.8 Å². The molecule has 1 aromatic rings. The van der Waals surface area contributed by atoms with Gasteiger partial charge in [0.1, 0.15) is 0 Å². The third-order valence-corrected chi connectivity index (χ3v) is 4.15. The van der Waals surface area contributed by atoms with Crippen LogP contribution in [-0.2, 0) is 6.54 Å². The summed E-state index contributed by atoms with van der Waals surface area (Å²) in [6, 6.07) is 2.72. The van der Waals surface area contributed by atoms with Crippen molar-refractivity contribution in [2.24, 2.45) is 11.8 Å². The summed E-state index contributed by atoms with van der Waals surface area (Å²) < 4.78 is 5.05. The Balaban J connectivity index is 1.45. The zero-order chi connectivity index (χ0) is 10.8. The van der Waals surface area contributed by atoms with Gasteiger partial charge in [0.05, 0.1) is 12.5 Å². The molecule has 16 heavy (non-hydrogen) atoms. The standard InChI is InChI=1S/C13H20N2O/c1-2-11-7-15-13(12(11)3-1)8-14-6-10-4-5-16-9-10/h4-5,9,11-15H,1-3,6-8H2. The van der Waals surface area contributed by atoms with E-state index >= 15 is 0 Å². The van der Waals surface area contributed by atoms with E-state index in [0.717, 1.165) is 24.9 Å². The second kappa shape index (κ2) is 4.60. The smallest absolute Gasteiger partial charge is 0.0947 e. The van der Waals surface area contributed by atoms with E-state index in [1.807, 2.05) is 12.3 Å². The van der Waals surface area contributed by atoms with Gasteiger partial charge in [0.15, 0.2) is 0 Å². The molecule has 1 aliphatic heterocycles. The van der Waals surface area contributed by atoms with Crippen molar-refractivity contribution >= 4 is 0 Å². The van der Waals surface area contributed by atoms with Crippen molar-refractivity contribution in [1.29, 1.82) is 0 Å². The van der Waals surface area contributed by atoms with Crippen LogP contribution in [0.1, 0.15) is 24.8 Å². The Morgan fingerprint density at radius 2 is 2.44 bits per heavy atom. The van der Waals surface area contributed by atoms with Crippen LogP contribution in [0.5, 0.6) is 0 Å². The molecule has 2 heterocycles. The molecular weight excluding hydrogens is 200 g/mol. The maximum atomic E-state index is 5.05. The van der Waals surface area contributed by atoms with E-state index in [4.69, 9.17) is 4.42 Å². The highest BCUT2D eigenvalue weighted by Gasteiger charge is 2.38. The molecule has 1 aromatic heterocycles. The molecule has 0 spiro atoms. The summed E-state index contributed by atoms with van der Waals surface area (Å²) in [4.78, 5) is 0. The molecule has 3 atom stereocenters. The molecule has 3 nitrogen and oxygen atoms in total. The average molecular weight is 220 g/mol. The number of furan rings is 1. The van der Waals surface area contributed by atoms with E-state index < -0.39 is 0 Å². The fourth-order valence-corrected chi connectivity index (χ4v) is 3.29. The quantitative estimate of drug-likeness (QED) is 0.812. The van der Waals surface area contributed by atoms with Gasteiger partial charge in [-0.15, -0.1) is 0 Å². The van der Waals surface area contributed by atoms with Crippen molar-refractivity contribution in [3.8, 4) is 0 Å². The lowest BCUT2D eigenvalue weighted by molar-refractivity contribution is 0.393. The molecule has 0 radical (unpaired) electrons. The Bertz CT molecular complexity index is 323. The summed E-state index contributed by atoms with van der Waals surface area (Å²) in [7, 11) is 0. The molecule has 3 unspecified atom stereocenters. The number of hydrogen-bond donors (Lipinski definition) is 2. The lowest BCUT2D eigenvalue weighted by Gasteiger charge is -2.18. The molecule has 2 fully saturated rings. The van der Waals surface area contributed by atoms with Gasteiger partial charge in [-0.3, -0.25) is 0 Å². The van der Waals surface area contributed by atoms with Crippen molar-refractivity contribution in [3.05, 3.63) is 24.2 Å².